The maximum Gasteiger partial charge on any atom is 0.0933 e. The molecule has 2 atom stereocenters. The molecule has 1 aliphatic rings. The summed E-state index contributed by atoms with van der Waals surface area (Å²) in [5, 5.41) is 9.01. The van der Waals surface area contributed by atoms with Gasteiger partial charge in [-0.25, -0.2) is 0 Å². The van der Waals surface area contributed by atoms with Gasteiger partial charge in [0.05, 0.1) is 19.3 Å². The number of rotatable bonds is 3. The fourth-order valence-electron chi connectivity index (χ4n) is 1.54. The Morgan fingerprint density at radius 2 is 2.29 bits per heavy atom. The highest BCUT2D eigenvalue weighted by molar-refractivity contribution is 4.96. The van der Waals surface area contributed by atoms with Gasteiger partial charge in [-0.2, -0.15) is 0 Å². The lowest BCUT2D eigenvalue weighted by Gasteiger charge is -2.36. The van der Waals surface area contributed by atoms with Gasteiger partial charge in [0.25, 0.3) is 0 Å². The van der Waals surface area contributed by atoms with Crippen molar-refractivity contribution >= 4 is 0 Å². The maximum absolute atomic E-state index is 9.01. The molecule has 0 saturated carbocycles. The summed E-state index contributed by atoms with van der Waals surface area (Å²) in [5.41, 5.74) is 1.34. The molecule has 0 aromatic carbocycles. The molecule has 3 nitrogen and oxygen atoms in total. The summed E-state index contributed by atoms with van der Waals surface area (Å²) in [6.45, 7) is 9.01. The molecule has 1 fully saturated rings. The molecule has 14 heavy (non-hydrogen) atoms. The van der Waals surface area contributed by atoms with E-state index in [1.165, 1.54) is 5.57 Å². The molecule has 0 spiro atoms. The first-order valence-corrected chi connectivity index (χ1v) is 5.23. The van der Waals surface area contributed by atoms with Crippen molar-refractivity contribution in [1.82, 2.24) is 4.90 Å². The summed E-state index contributed by atoms with van der Waals surface area (Å²) in [6.07, 6.45) is 2.22. The molecule has 1 aliphatic heterocycles. The van der Waals surface area contributed by atoms with Gasteiger partial charge in [-0.3, -0.25) is 4.90 Å². The van der Waals surface area contributed by atoms with E-state index in [2.05, 4.69) is 31.7 Å². The lowest BCUT2D eigenvalue weighted by molar-refractivity contribution is -0.0742. The van der Waals surface area contributed by atoms with Crippen LogP contribution in [0.15, 0.2) is 11.6 Å². The predicted molar refractivity (Wildman–Crippen MR) is 57.3 cm³/mol. The zero-order valence-electron chi connectivity index (χ0n) is 9.36. The minimum atomic E-state index is -0.00300. The van der Waals surface area contributed by atoms with Crippen LogP contribution in [-0.4, -0.2) is 48.5 Å². The highest BCUT2D eigenvalue weighted by Gasteiger charge is 2.24. The van der Waals surface area contributed by atoms with Crippen molar-refractivity contribution < 1.29 is 9.84 Å². The first-order valence-electron chi connectivity index (χ1n) is 5.23. The second-order valence-corrected chi connectivity index (χ2v) is 4.22. The number of hydrogen-bond donors (Lipinski definition) is 1. The average molecular weight is 199 g/mol. The molecule has 0 radical (unpaired) electrons. The Labute approximate surface area is 86.4 Å². The molecule has 0 aliphatic carbocycles. The lowest BCUT2D eigenvalue weighted by atomic mass is 10.2. The average Bonchev–Trinajstić information content (AvgIpc) is 2.16. The van der Waals surface area contributed by atoms with Crippen LogP contribution in [0, 0.1) is 0 Å². The van der Waals surface area contributed by atoms with Crippen molar-refractivity contribution in [2.45, 2.75) is 32.9 Å². The van der Waals surface area contributed by atoms with E-state index in [1.807, 2.05) is 0 Å². The van der Waals surface area contributed by atoms with E-state index in [1.54, 1.807) is 0 Å². The van der Waals surface area contributed by atoms with Crippen LogP contribution in [-0.2, 0) is 4.74 Å². The highest BCUT2D eigenvalue weighted by Crippen LogP contribution is 2.11. The Balaban J connectivity index is 2.44. The Kier molecular flexibility index (Phi) is 4.58. The van der Waals surface area contributed by atoms with Gasteiger partial charge in [0, 0.05) is 19.1 Å². The van der Waals surface area contributed by atoms with Gasteiger partial charge in [0.1, 0.15) is 0 Å². The molecule has 1 saturated heterocycles. The third-order valence-corrected chi connectivity index (χ3v) is 2.57. The number of morpholine rings is 1. The van der Waals surface area contributed by atoms with Crippen LogP contribution >= 0.6 is 0 Å². The molecule has 0 aromatic heterocycles. The number of aliphatic hydroxyl groups is 1. The molecule has 1 N–H and O–H groups in total. The fourth-order valence-corrected chi connectivity index (χ4v) is 1.54. The smallest absolute Gasteiger partial charge is 0.0933 e. The molecule has 1 rings (SSSR count). The summed E-state index contributed by atoms with van der Waals surface area (Å²) in [4.78, 5) is 2.34. The molecule has 1 heterocycles. The lowest BCUT2D eigenvalue weighted by Crippen LogP contribution is -2.49. The molecule has 0 amide bonds. The first kappa shape index (κ1) is 11.7. The van der Waals surface area contributed by atoms with Crippen molar-refractivity contribution in [1.29, 1.82) is 0 Å². The molecule has 82 valence electrons. The van der Waals surface area contributed by atoms with Crippen molar-refractivity contribution in [3.05, 3.63) is 11.6 Å². The second kappa shape index (κ2) is 5.49. The number of ether oxygens (including phenoxy) is 1. The molecular formula is C11H21NO2. The summed E-state index contributed by atoms with van der Waals surface area (Å²) in [7, 11) is 0. The quantitative estimate of drug-likeness (QED) is 0.689. The Hall–Kier alpha value is -0.380. The molecule has 0 aromatic rings. The number of nitrogens with zero attached hydrogens (tertiary/aromatic N) is 1. The van der Waals surface area contributed by atoms with Gasteiger partial charge >= 0.3 is 0 Å². The van der Waals surface area contributed by atoms with E-state index in [-0.39, 0.29) is 12.7 Å². The standard InChI is InChI=1S/C11H21NO2/c1-9(2)4-5-12-6-11(7-13)14-8-10(12)3/h4,10-11,13H,5-8H2,1-3H3. The SMILES string of the molecule is CC(C)=CCN1CC(CO)OCC1C. The Morgan fingerprint density at radius 3 is 2.86 bits per heavy atom. The second-order valence-electron chi connectivity index (χ2n) is 4.22. The van der Waals surface area contributed by atoms with Gasteiger partial charge in [-0.05, 0) is 20.8 Å². The minimum absolute atomic E-state index is 0.00300. The van der Waals surface area contributed by atoms with Crippen LogP contribution < -0.4 is 0 Å². The van der Waals surface area contributed by atoms with Gasteiger partial charge in [-0.1, -0.05) is 11.6 Å². The van der Waals surface area contributed by atoms with E-state index in [9.17, 15) is 0 Å². The van der Waals surface area contributed by atoms with Crippen LogP contribution in [0.1, 0.15) is 20.8 Å². The van der Waals surface area contributed by atoms with Crippen molar-refractivity contribution in [2.24, 2.45) is 0 Å². The van der Waals surface area contributed by atoms with Crippen LogP contribution in [0.25, 0.3) is 0 Å². The van der Waals surface area contributed by atoms with Gasteiger partial charge in [0.2, 0.25) is 0 Å². The van der Waals surface area contributed by atoms with Crippen LogP contribution in [0.2, 0.25) is 0 Å². The molecule has 2 unspecified atom stereocenters. The molecular weight excluding hydrogens is 178 g/mol. The third-order valence-electron chi connectivity index (χ3n) is 2.57. The number of allylic oxidation sites excluding steroid dienone is 1. The summed E-state index contributed by atoms with van der Waals surface area (Å²) >= 11 is 0. The Morgan fingerprint density at radius 1 is 1.57 bits per heavy atom. The van der Waals surface area contributed by atoms with Gasteiger partial charge in [-0.15, -0.1) is 0 Å². The summed E-state index contributed by atoms with van der Waals surface area (Å²) in [5.74, 6) is 0. The van der Waals surface area contributed by atoms with Gasteiger partial charge < -0.3 is 9.84 Å². The van der Waals surface area contributed by atoms with Crippen LogP contribution in [0.4, 0.5) is 0 Å². The molecule has 0 bridgehead atoms. The zero-order valence-corrected chi connectivity index (χ0v) is 9.36. The van der Waals surface area contributed by atoms with Crippen LogP contribution in [0.5, 0.6) is 0 Å². The van der Waals surface area contributed by atoms with E-state index in [4.69, 9.17) is 9.84 Å². The molecule has 3 heteroatoms. The largest absolute Gasteiger partial charge is 0.394 e. The van der Waals surface area contributed by atoms with Gasteiger partial charge in [0.15, 0.2) is 0 Å². The predicted octanol–water partition coefficient (Wildman–Crippen LogP) is 1.03. The minimum Gasteiger partial charge on any atom is -0.394 e. The van der Waals surface area contributed by atoms with E-state index in [0.29, 0.717) is 6.04 Å². The van der Waals surface area contributed by atoms with E-state index in [0.717, 1.165) is 19.7 Å². The summed E-state index contributed by atoms with van der Waals surface area (Å²) in [6, 6.07) is 0.452. The highest BCUT2D eigenvalue weighted by atomic mass is 16.5. The first-order chi connectivity index (χ1) is 6.63. The van der Waals surface area contributed by atoms with E-state index < -0.39 is 0 Å². The topological polar surface area (TPSA) is 32.7 Å². The number of hydrogen-bond acceptors (Lipinski definition) is 3. The monoisotopic (exact) mass is 199 g/mol. The zero-order chi connectivity index (χ0) is 10.6. The van der Waals surface area contributed by atoms with Crippen molar-refractivity contribution in [3.8, 4) is 0 Å². The fraction of sp³-hybridized carbons (Fsp3) is 0.818. The summed E-state index contributed by atoms with van der Waals surface area (Å²) < 4.78 is 5.46. The van der Waals surface area contributed by atoms with Crippen molar-refractivity contribution in [3.63, 3.8) is 0 Å². The normalized spacial score (nSPS) is 28.9. The van der Waals surface area contributed by atoms with Crippen molar-refractivity contribution in [2.75, 3.05) is 26.3 Å². The maximum atomic E-state index is 9.01. The Bertz CT molecular complexity index is 199. The number of aliphatic hydroxyl groups excluding tert-OH is 1. The van der Waals surface area contributed by atoms with Crippen LogP contribution in [0.3, 0.4) is 0 Å². The van der Waals surface area contributed by atoms with E-state index >= 15 is 0 Å². The third kappa shape index (κ3) is 3.40.